The molecule has 32 heavy (non-hydrogen) atoms. The lowest BCUT2D eigenvalue weighted by molar-refractivity contribution is -0.193. The minimum absolute atomic E-state index is 0.0595. The third-order valence-electron chi connectivity index (χ3n) is 5.56. The highest BCUT2D eigenvalue weighted by Crippen LogP contribution is 2.31. The largest absolute Gasteiger partial charge is 0.459 e. The third kappa shape index (κ3) is 7.05. The van der Waals surface area contributed by atoms with Gasteiger partial charge < -0.3 is 25.8 Å². The van der Waals surface area contributed by atoms with Gasteiger partial charge in [-0.3, -0.25) is 14.4 Å². The number of benzene rings is 1. The van der Waals surface area contributed by atoms with Gasteiger partial charge >= 0.3 is 11.9 Å². The number of hydrogen-bond acceptors (Lipinski definition) is 7. The Hall–Kier alpha value is -2.94. The molecular formula is C23H33N3O6. The smallest absolute Gasteiger partial charge is 0.328 e. The van der Waals surface area contributed by atoms with Crippen molar-refractivity contribution in [3.63, 3.8) is 0 Å². The highest BCUT2D eigenvalue weighted by Gasteiger charge is 2.49. The maximum atomic E-state index is 12.5. The number of nitrogens with one attached hydrogen (secondary N) is 2. The van der Waals surface area contributed by atoms with Crippen LogP contribution in [0.4, 0.5) is 0 Å². The Kier molecular flexibility index (Phi) is 9.64. The Morgan fingerprint density at radius 2 is 1.88 bits per heavy atom. The Morgan fingerprint density at radius 1 is 1.19 bits per heavy atom. The van der Waals surface area contributed by atoms with Crippen LogP contribution in [-0.2, 0) is 35.3 Å². The van der Waals surface area contributed by atoms with Crippen molar-refractivity contribution >= 4 is 23.8 Å². The maximum absolute atomic E-state index is 12.5. The van der Waals surface area contributed by atoms with Crippen molar-refractivity contribution in [1.82, 2.24) is 10.6 Å². The van der Waals surface area contributed by atoms with Crippen molar-refractivity contribution in [2.24, 2.45) is 17.6 Å². The molecule has 1 aromatic rings. The molecule has 1 fully saturated rings. The van der Waals surface area contributed by atoms with Crippen LogP contribution in [0.5, 0.6) is 0 Å². The zero-order valence-corrected chi connectivity index (χ0v) is 18.8. The normalized spacial score (nSPS) is 20.2. The van der Waals surface area contributed by atoms with Gasteiger partial charge in [0.25, 0.3) is 5.91 Å². The average molecular weight is 448 g/mol. The van der Waals surface area contributed by atoms with Crippen LogP contribution < -0.4 is 16.4 Å². The quantitative estimate of drug-likeness (QED) is 0.322. The standard InChI is InChI=1S/C23H33N3O6/c1-4-14(2)18-19(32-23(18)30)21(28)25-12-8-11-17(26-20(27)15(3)24)22(29)31-13-16-9-6-5-7-10-16/h5-7,9-10,14-15,17-19H,4,8,11-13,24H2,1-3H3,(H,25,28)(H,26,27)/t14?,15-,17-,18-,19+/m0/s1. The predicted octanol–water partition coefficient (Wildman–Crippen LogP) is 1.05. The van der Waals surface area contributed by atoms with Crippen molar-refractivity contribution in [3.05, 3.63) is 35.9 Å². The van der Waals surface area contributed by atoms with Crippen LogP contribution >= 0.6 is 0 Å². The predicted molar refractivity (Wildman–Crippen MR) is 117 cm³/mol. The van der Waals surface area contributed by atoms with E-state index >= 15 is 0 Å². The molecule has 1 aliphatic rings. The number of hydrogen-bond donors (Lipinski definition) is 3. The summed E-state index contributed by atoms with van der Waals surface area (Å²) >= 11 is 0. The maximum Gasteiger partial charge on any atom is 0.328 e. The Balaban J connectivity index is 1.83. The summed E-state index contributed by atoms with van der Waals surface area (Å²) in [7, 11) is 0. The van der Waals surface area contributed by atoms with Crippen molar-refractivity contribution < 1.29 is 28.7 Å². The number of esters is 2. The fourth-order valence-electron chi connectivity index (χ4n) is 3.33. The van der Waals surface area contributed by atoms with Gasteiger partial charge in [-0.2, -0.15) is 0 Å². The topological polar surface area (TPSA) is 137 Å². The molecule has 2 rings (SSSR count). The highest BCUT2D eigenvalue weighted by atomic mass is 16.6. The summed E-state index contributed by atoms with van der Waals surface area (Å²) in [5.41, 5.74) is 6.43. The van der Waals surface area contributed by atoms with Crippen LogP contribution in [0.2, 0.25) is 0 Å². The number of cyclic esters (lactones) is 1. The van der Waals surface area contributed by atoms with Gasteiger partial charge in [0, 0.05) is 6.54 Å². The van der Waals surface area contributed by atoms with Crippen molar-refractivity contribution in [1.29, 1.82) is 0 Å². The van der Waals surface area contributed by atoms with Crippen molar-refractivity contribution in [2.75, 3.05) is 6.54 Å². The molecule has 5 atom stereocenters. The molecule has 9 heteroatoms. The van der Waals surface area contributed by atoms with E-state index in [2.05, 4.69) is 10.6 Å². The van der Waals surface area contributed by atoms with E-state index in [9.17, 15) is 19.2 Å². The number of carbonyl (C=O) groups excluding carboxylic acids is 4. The molecule has 1 heterocycles. The van der Waals surface area contributed by atoms with Crippen LogP contribution in [0.3, 0.4) is 0 Å². The molecular weight excluding hydrogens is 414 g/mol. The van der Waals surface area contributed by atoms with Gasteiger partial charge in [0.05, 0.1) is 6.04 Å². The van der Waals surface area contributed by atoms with E-state index in [4.69, 9.17) is 15.2 Å². The summed E-state index contributed by atoms with van der Waals surface area (Å²) < 4.78 is 10.3. The molecule has 0 aliphatic carbocycles. The zero-order chi connectivity index (χ0) is 23.7. The lowest BCUT2D eigenvalue weighted by atomic mass is 9.83. The minimum atomic E-state index is -0.886. The van der Waals surface area contributed by atoms with Crippen LogP contribution in [0, 0.1) is 11.8 Å². The second-order valence-corrected chi connectivity index (χ2v) is 8.15. The minimum Gasteiger partial charge on any atom is -0.459 e. The molecule has 1 saturated heterocycles. The lowest BCUT2D eigenvalue weighted by Crippen LogP contribution is -2.56. The van der Waals surface area contributed by atoms with E-state index in [0.29, 0.717) is 6.42 Å². The second kappa shape index (κ2) is 12.2. The van der Waals surface area contributed by atoms with E-state index in [1.165, 1.54) is 6.92 Å². The number of amides is 2. The van der Waals surface area contributed by atoms with Gasteiger partial charge in [0.15, 0.2) is 6.10 Å². The number of rotatable bonds is 12. The SMILES string of the molecule is CCC(C)[C@@H]1C(=O)O[C@H]1C(=O)NCCC[C@H](NC(=O)[C@H](C)N)C(=O)OCc1ccccc1. The van der Waals surface area contributed by atoms with E-state index in [1.807, 2.05) is 44.2 Å². The van der Waals surface area contributed by atoms with Crippen LogP contribution in [-0.4, -0.2) is 48.5 Å². The Labute approximate surface area is 188 Å². The molecule has 1 unspecified atom stereocenters. The van der Waals surface area contributed by atoms with E-state index in [1.54, 1.807) is 0 Å². The lowest BCUT2D eigenvalue weighted by Gasteiger charge is -2.37. The van der Waals surface area contributed by atoms with Gasteiger partial charge in [-0.25, -0.2) is 4.79 Å². The van der Waals surface area contributed by atoms with E-state index in [0.717, 1.165) is 12.0 Å². The summed E-state index contributed by atoms with van der Waals surface area (Å²) in [5.74, 6) is -2.10. The van der Waals surface area contributed by atoms with E-state index in [-0.39, 0.29) is 37.4 Å². The first kappa shape index (κ1) is 25.3. The van der Waals surface area contributed by atoms with Crippen molar-refractivity contribution in [2.45, 2.75) is 64.8 Å². The van der Waals surface area contributed by atoms with Gasteiger partial charge in [-0.15, -0.1) is 0 Å². The molecule has 0 spiro atoms. The molecule has 1 aromatic carbocycles. The van der Waals surface area contributed by atoms with Crippen LogP contribution in [0.1, 0.15) is 45.6 Å². The number of carbonyl (C=O) groups is 4. The molecule has 176 valence electrons. The summed E-state index contributed by atoms with van der Waals surface area (Å²) in [6.07, 6.45) is 0.660. The number of ether oxygens (including phenoxy) is 2. The first-order valence-corrected chi connectivity index (χ1v) is 11.0. The highest BCUT2D eigenvalue weighted by molar-refractivity contribution is 5.94. The van der Waals surface area contributed by atoms with Gasteiger partial charge in [-0.1, -0.05) is 50.6 Å². The van der Waals surface area contributed by atoms with Gasteiger partial charge in [0.2, 0.25) is 5.91 Å². The molecule has 4 N–H and O–H groups in total. The molecule has 0 bridgehead atoms. The fraction of sp³-hybridized carbons (Fsp3) is 0.565. The molecule has 1 aliphatic heterocycles. The molecule has 0 aromatic heterocycles. The Bertz CT molecular complexity index is 798. The summed E-state index contributed by atoms with van der Waals surface area (Å²) in [6.45, 7) is 5.74. The molecule has 0 radical (unpaired) electrons. The summed E-state index contributed by atoms with van der Waals surface area (Å²) in [4.78, 5) is 48.5. The summed E-state index contributed by atoms with van der Waals surface area (Å²) in [6, 6.07) is 7.55. The molecule has 0 saturated carbocycles. The fourth-order valence-corrected chi connectivity index (χ4v) is 3.33. The van der Waals surface area contributed by atoms with E-state index < -0.39 is 36.0 Å². The third-order valence-corrected chi connectivity index (χ3v) is 5.56. The molecule has 9 nitrogen and oxygen atoms in total. The van der Waals surface area contributed by atoms with Crippen LogP contribution in [0.15, 0.2) is 30.3 Å². The van der Waals surface area contributed by atoms with Crippen LogP contribution in [0.25, 0.3) is 0 Å². The second-order valence-electron chi connectivity index (χ2n) is 8.15. The van der Waals surface area contributed by atoms with Gasteiger partial charge in [-0.05, 0) is 31.2 Å². The summed E-state index contributed by atoms with van der Waals surface area (Å²) in [5, 5.41) is 5.34. The zero-order valence-electron chi connectivity index (χ0n) is 18.8. The number of nitrogens with two attached hydrogens (primary N) is 1. The first-order chi connectivity index (χ1) is 15.2. The molecule has 2 amide bonds. The average Bonchev–Trinajstić information content (AvgIpc) is 2.77. The first-order valence-electron chi connectivity index (χ1n) is 11.0. The van der Waals surface area contributed by atoms with Crippen molar-refractivity contribution in [3.8, 4) is 0 Å². The Morgan fingerprint density at radius 3 is 2.47 bits per heavy atom. The van der Waals surface area contributed by atoms with Gasteiger partial charge in [0.1, 0.15) is 18.6 Å². The monoisotopic (exact) mass is 447 g/mol.